The maximum Gasteiger partial charge on any atom is 0.326 e. The summed E-state index contributed by atoms with van der Waals surface area (Å²) in [5.41, 5.74) is 17.1. The third-order valence-electron chi connectivity index (χ3n) is 5.46. The van der Waals surface area contributed by atoms with Gasteiger partial charge in [0.25, 0.3) is 0 Å². The van der Waals surface area contributed by atoms with Crippen molar-refractivity contribution < 1.29 is 29.1 Å². The van der Waals surface area contributed by atoms with E-state index in [0.717, 1.165) is 0 Å². The van der Waals surface area contributed by atoms with E-state index in [1.54, 1.807) is 0 Å². The number of nitrogens with two attached hydrogens (primary N) is 3. The minimum Gasteiger partial charge on any atom is -0.480 e. The van der Waals surface area contributed by atoms with Gasteiger partial charge in [-0.2, -0.15) is 11.8 Å². The van der Waals surface area contributed by atoms with Crippen molar-refractivity contribution in [2.45, 2.75) is 69.1 Å². The molecule has 0 aliphatic carbocycles. The van der Waals surface area contributed by atoms with Crippen molar-refractivity contribution in [3.8, 4) is 0 Å². The number of nitrogens with zero attached hydrogens (tertiary/aromatic N) is 1. The minimum absolute atomic E-state index is 0.0263. The Labute approximate surface area is 219 Å². The fourth-order valence-corrected chi connectivity index (χ4v) is 3.81. The summed E-state index contributed by atoms with van der Waals surface area (Å²) in [5, 5.41) is 17.0. The van der Waals surface area contributed by atoms with Gasteiger partial charge in [0.05, 0.1) is 12.4 Å². The number of imidazole rings is 1. The zero-order valence-corrected chi connectivity index (χ0v) is 21.7. The smallest absolute Gasteiger partial charge is 0.326 e. The van der Waals surface area contributed by atoms with Crippen LogP contribution in [-0.2, 0) is 30.4 Å². The van der Waals surface area contributed by atoms with Gasteiger partial charge in [0.1, 0.15) is 18.1 Å². The van der Waals surface area contributed by atoms with Crippen LogP contribution in [0.4, 0.5) is 0 Å². The number of thioether (sulfide) groups is 1. The standard InChI is InChI=1S/C22H38N8O6S/c1-37-9-7-16(22(35)36)29-21(34)17(10-13-11-26-12-27-13)30-20(33)15(5-6-18(25)31)28-19(32)14(24)4-2-3-8-23/h11-12,14-17H,2-10,23-24H2,1H3,(H2,25,31)(H,26,27)(H,28,32)(H,29,34)(H,30,33)(H,35,36). The number of primary amides is 1. The van der Waals surface area contributed by atoms with Crippen molar-refractivity contribution in [1.29, 1.82) is 0 Å². The molecule has 4 amide bonds. The molecule has 1 aromatic heterocycles. The van der Waals surface area contributed by atoms with Crippen LogP contribution in [-0.4, -0.2) is 87.4 Å². The molecule has 1 rings (SSSR count). The fourth-order valence-electron chi connectivity index (χ4n) is 3.34. The first-order chi connectivity index (χ1) is 17.6. The van der Waals surface area contributed by atoms with E-state index in [4.69, 9.17) is 17.2 Å². The molecule has 11 N–H and O–H groups in total. The number of carbonyl (C=O) groups is 5. The number of aliphatic carboxylic acids is 1. The monoisotopic (exact) mass is 542 g/mol. The molecule has 37 heavy (non-hydrogen) atoms. The molecule has 4 atom stereocenters. The lowest BCUT2D eigenvalue weighted by Gasteiger charge is -2.25. The molecule has 0 spiro atoms. The zero-order valence-electron chi connectivity index (χ0n) is 20.9. The lowest BCUT2D eigenvalue weighted by molar-refractivity contribution is -0.142. The van der Waals surface area contributed by atoms with Crippen molar-refractivity contribution in [2.75, 3.05) is 18.6 Å². The minimum atomic E-state index is -1.20. The summed E-state index contributed by atoms with van der Waals surface area (Å²) in [7, 11) is 0. The molecule has 0 saturated carbocycles. The van der Waals surface area contributed by atoms with Crippen LogP contribution in [0.2, 0.25) is 0 Å². The number of H-pyrrole nitrogens is 1. The Morgan fingerprint density at radius 2 is 1.65 bits per heavy atom. The largest absolute Gasteiger partial charge is 0.480 e. The van der Waals surface area contributed by atoms with Gasteiger partial charge in [-0.25, -0.2) is 9.78 Å². The van der Waals surface area contributed by atoms with E-state index in [9.17, 15) is 29.1 Å². The van der Waals surface area contributed by atoms with Gasteiger partial charge < -0.3 is 43.2 Å². The molecule has 1 aromatic rings. The van der Waals surface area contributed by atoms with Crippen LogP contribution in [0.15, 0.2) is 12.5 Å². The highest BCUT2D eigenvalue weighted by atomic mass is 32.2. The van der Waals surface area contributed by atoms with E-state index in [1.807, 2.05) is 6.26 Å². The van der Waals surface area contributed by atoms with Gasteiger partial charge in [0.15, 0.2) is 0 Å². The summed E-state index contributed by atoms with van der Waals surface area (Å²) in [6, 6.07) is -4.45. The fraction of sp³-hybridized carbons (Fsp3) is 0.636. The van der Waals surface area contributed by atoms with Crippen LogP contribution >= 0.6 is 11.8 Å². The highest BCUT2D eigenvalue weighted by Gasteiger charge is 2.30. The first-order valence-electron chi connectivity index (χ1n) is 11.9. The Kier molecular flexibility index (Phi) is 14.9. The average Bonchev–Trinajstić information content (AvgIpc) is 3.36. The Balaban J connectivity index is 3.02. The number of amides is 4. The molecule has 208 valence electrons. The van der Waals surface area contributed by atoms with E-state index >= 15 is 0 Å². The molecule has 4 unspecified atom stereocenters. The molecule has 0 fully saturated rings. The Bertz CT molecular complexity index is 885. The summed E-state index contributed by atoms with van der Waals surface area (Å²) in [5.74, 6) is -3.45. The molecule has 1 heterocycles. The third kappa shape index (κ3) is 12.6. The van der Waals surface area contributed by atoms with Crippen LogP contribution in [0.5, 0.6) is 0 Å². The van der Waals surface area contributed by atoms with Gasteiger partial charge in [0.2, 0.25) is 23.6 Å². The number of carboxylic acids is 1. The van der Waals surface area contributed by atoms with E-state index < -0.39 is 53.8 Å². The van der Waals surface area contributed by atoms with Gasteiger partial charge in [-0.3, -0.25) is 19.2 Å². The number of nitrogens with one attached hydrogen (secondary N) is 4. The number of aromatic nitrogens is 2. The number of carbonyl (C=O) groups excluding carboxylic acids is 4. The number of hydrogen-bond donors (Lipinski definition) is 8. The highest BCUT2D eigenvalue weighted by molar-refractivity contribution is 7.98. The molecule has 0 bridgehead atoms. The Morgan fingerprint density at radius 1 is 1.00 bits per heavy atom. The maximum atomic E-state index is 13.1. The van der Waals surface area contributed by atoms with Crippen LogP contribution in [0.1, 0.15) is 44.2 Å². The molecule has 0 saturated heterocycles. The van der Waals surface area contributed by atoms with Crippen LogP contribution in [0.25, 0.3) is 0 Å². The summed E-state index contributed by atoms with van der Waals surface area (Å²) >= 11 is 1.43. The second-order valence-electron chi connectivity index (χ2n) is 8.48. The molecular formula is C22H38N8O6S. The number of rotatable bonds is 19. The molecule has 0 aliphatic rings. The van der Waals surface area contributed by atoms with Crippen molar-refractivity contribution in [2.24, 2.45) is 17.2 Å². The summed E-state index contributed by atoms with van der Waals surface area (Å²) in [6.07, 6.45) is 6.17. The molecule has 15 heteroatoms. The first-order valence-corrected chi connectivity index (χ1v) is 13.3. The van der Waals surface area contributed by atoms with Crippen molar-refractivity contribution in [1.82, 2.24) is 25.9 Å². The highest BCUT2D eigenvalue weighted by Crippen LogP contribution is 2.07. The summed E-state index contributed by atoms with van der Waals surface area (Å²) in [6.45, 7) is 0.456. The zero-order chi connectivity index (χ0) is 27.8. The number of aromatic amines is 1. The SMILES string of the molecule is CSCCC(NC(=O)C(Cc1cnc[nH]1)NC(=O)C(CCC(N)=O)NC(=O)C(N)CCCCN)C(=O)O. The van der Waals surface area contributed by atoms with E-state index in [-0.39, 0.29) is 25.7 Å². The first kappa shape index (κ1) is 31.9. The van der Waals surface area contributed by atoms with Crippen LogP contribution < -0.4 is 33.2 Å². The molecule has 0 aliphatic heterocycles. The van der Waals surface area contributed by atoms with Crippen molar-refractivity contribution in [3.05, 3.63) is 18.2 Å². The predicted octanol–water partition coefficient (Wildman–Crippen LogP) is -2.03. The topological polar surface area (TPSA) is 248 Å². The summed E-state index contributed by atoms with van der Waals surface area (Å²) < 4.78 is 0. The Morgan fingerprint density at radius 3 is 2.22 bits per heavy atom. The Hall–Kier alpha value is -3.17. The normalized spacial score (nSPS) is 14.1. The molecular weight excluding hydrogens is 504 g/mol. The van der Waals surface area contributed by atoms with E-state index in [0.29, 0.717) is 37.3 Å². The lowest BCUT2D eigenvalue weighted by atomic mass is 10.1. The lowest BCUT2D eigenvalue weighted by Crippen LogP contribution is -2.57. The number of hydrogen-bond acceptors (Lipinski definition) is 9. The van der Waals surface area contributed by atoms with Gasteiger partial charge in [-0.15, -0.1) is 0 Å². The van der Waals surface area contributed by atoms with Gasteiger partial charge >= 0.3 is 5.97 Å². The number of carboxylic acid groups (broad SMARTS) is 1. The van der Waals surface area contributed by atoms with E-state index in [2.05, 4.69) is 25.9 Å². The average molecular weight is 543 g/mol. The van der Waals surface area contributed by atoms with E-state index in [1.165, 1.54) is 24.3 Å². The molecule has 0 aromatic carbocycles. The number of unbranched alkanes of at least 4 members (excludes halogenated alkanes) is 1. The second-order valence-corrected chi connectivity index (χ2v) is 9.47. The third-order valence-corrected chi connectivity index (χ3v) is 6.10. The second kappa shape index (κ2) is 17.3. The summed E-state index contributed by atoms with van der Waals surface area (Å²) in [4.78, 5) is 68.4. The van der Waals surface area contributed by atoms with Crippen molar-refractivity contribution >= 4 is 41.4 Å². The van der Waals surface area contributed by atoms with Gasteiger partial charge in [-0.1, -0.05) is 6.42 Å². The van der Waals surface area contributed by atoms with Gasteiger partial charge in [-0.05, 0) is 44.2 Å². The van der Waals surface area contributed by atoms with Crippen LogP contribution in [0, 0.1) is 0 Å². The quantitative estimate of drug-likeness (QED) is 0.0890. The van der Waals surface area contributed by atoms with Gasteiger partial charge in [0, 0.05) is 24.7 Å². The molecule has 14 nitrogen and oxygen atoms in total. The van der Waals surface area contributed by atoms with Crippen molar-refractivity contribution in [3.63, 3.8) is 0 Å². The maximum absolute atomic E-state index is 13.1. The molecule has 0 radical (unpaired) electrons. The van der Waals surface area contributed by atoms with Crippen LogP contribution in [0.3, 0.4) is 0 Å². The predicted molar refractivity (Wildman–Crippen MR) is 138 cm³/mol.